The molecule has 2 aliphatic heterocycles. The van der Waals surface area contributed by atoms with Gasteiger partial charge < -0.3 is 5.73 Å². The molecular weight excluding hydrogens is 234 g/mol. The molecule has 0 spiro atoms. The summed E-state index contributed by atoms with van der Waals surface area (Å²) >= 11 is 0. The fourth-order valence-electron chi connectivity index (χ4n) is 3.87. The van der Waals surface area contributed by atoms with E-state index in [1.165, 1.54) is 16.7 Å². The van der Waals surface area contributed by atoms with E-state index in [4.69, 9.17) is 11.1 Å². The van der Waals surface area contributed by atoms with Crippen LogP contribution in [0.3, 0.4) is 0 Å². The van der Waals surface area contributed by atoms with E-state index in [-0.39, 0.29) is 17.5 Å². The monoisotopic (exact) mass is 255 g/mol. The maximum atomic E-state index is 7.82. The van der Waals surface area contributed by atoms with Crippen molar-refractivity contribution < 1.29 is 0 Å². The lowest BCUT2D eigenvalue weighted by molar-refractivity contribution is 0.360. The third-order valence-electron chi connectivity index (χ3n) is 4.80. The molecule has 19 heavy (non-hydrogen) atoms. The molecule has 0 saturated carbocycles. The van der Waals surface area contributed by atoms with Gasteiger partial charge in [-0.05, 0) is 30.9 Å². The summed E-state index contributed by atoms with van der Waals surface area (Å²) < 4.78 is 0. The summed E-state index contributed by atoms with van der Waals surface area (Å²) in [5.41, 5.74) is 9.52. The number of nitrogens with two attached hydrogens (primary N) is 1. The summed E-state index contributed by atoms with van der Waals surface area (Å²) in [6.45, 7) is 6.47. The number of hydrogen-bond acceptors (Lipinski definition) is 2. The fraction of sp³-hybridized carbons (Fsp3) is 0.438. The molecule has 1 fully saturated rings. The van der Waals surface area contributed by atoms with Crippen molar-refractivity contribution in [1.29, 1.82) is 5.41 Å². The standard InChI is InChI=1S/C16H21N3/c1-9-4-5-12(10(2)8-9)16-7-6-13(19-16)14(11(16)3)15(17)18/h4-8,11,13-14,19H,1-3H3,(H3,17,18)/t11?,13?,14?,16-/m0/s1. The van der Waals surface area contributed by atoms with Gasteiger partial charge in [0.1, 0.15) is 0 Å². The first-order valence-corrected chi connectivity index (χ1v) is 6.84. The normalized spacial score (nSPS) is 35.8. The van der Waals surface area contributed by atoms with Crippen molar-refractivity contribution in [2.45, 2.75) is 32.4 Å². The average molecular weight is 255 g/mol. The van der Waals surface area contributed by atoms with Gasteiger partial charge in [0.25, 0.3) is 0 Å². The third kappa shape index (κ3) is 1.58. The second-order valence-corrected chi connectivity index (χ2v) is 5.99. The van der Waals surface area contributed by atoms with Crippen molar-refractivity contribution >= 4 is 5.84 Å². The minimum Gasteiger partial charge on any atom is -0.387 e. The molecule has 1 saturated heterocycles. The van der Waals surface area contributed by atoms with Crippen LogP contribution in [0.2, 0.25) is 0 Å². The lowest BCUT2D eigenvalue weighted by atomic mass is 9.71. The van der Waals surface area contributed by atoms with E-state index in [1.54, 1.807) is 0 Å². The van der Waals surface area contributed by atoms with Gasteiger partial charge in [-0.1, -0.05) is 42.8 Å². The number of rotatable bonds is 2. The first-order chi connectivity index (χ1) is 8.95. The van der Waals surface area contributed by atoms with Crippen molar-refractivity contribution in [2.24, 2.45) is 17.6 Å². The number of fused-ring (bicyclic) bond motifs is 2. The second-order valence-electron chi connectivity index (χ2n) is 5.99. The molecule has 3 nitrogen and oxygen atoms in total. The van der Waals surface area contributed by atoms with Crippen molar-refractivity contribution in [3.63, 3.8) is 0 Å². The van der Waals surface area contributed by atoms with E-state index >= 15 is 0 Å². The zero-order chi connectivity index (χ0) is 13.8. The van der Waals surface area contributed by atoms with Gasteiger partial charge in [0.15, 0.2) is 0 Å². The highest BCUT2D eigenvalue weighted by atomic mass is 15.1. The van der Waals surface area contributed by atoms with Gasteiger partial charge >= 0.3 is 0 Å². The molecule has 4 atom stereocenters. The largest absolute Gasteiger partial charge is 0.387 e. The molecule has 2 bridgehead atoms. The van der Waals surface area contributed by atoms with Crippen LogP contribution in [0.25, 0.3) is 0 Å². The first-order valence-electron chi connectivity index (χ1n) is 6.84. The SMILES string of the molecule is Cc1ccc([C@@]23C=CC(N2)C(C(=N)N)C3C)c(C)c1. The summed E-state index contributed by atoms with van der Waals surface area (Å²) in [6.07, 6.45) is 4.44. The van der Waals surface area contributed by atoms with E-state index < -0.39 is 0 Å². The Balaban J connectivity index is 2.10. The van der Waals surface area contributed by atoms with E-state index in [0.717, 1.165) is 0 Å². The summed E-state index contributed by atoms with van der Waals surface area (Å²) in [6, 6.07) is 6.80. The maximum Gasteiger partial charge on any atom is 0.0959 e. The zero-order valence-corrected chi connectivity index (χ0v) is 11.7. The highest BCUT2D eigenvalue weighted by Crippen LogP contribution is 2.48. The minimum atomic E-state index is -0.154. The Hall–Kier alpha value is -1.61. The lowest BCUT2D eigenvalue weighted by Crippen LogP contribution is -2.39. The van der Waals surface area contributed by atoms with Crippen molar-refractivity contribution in [2.75, 3.05) is 0 Å². The quantitative estimate of drug-likeness (QED) is 0.431. The number of amidine groups is 1. The molecule has 3 rings (SSSR count). The molecule has 3 heteroatoms. The van der Waals surface area contributed by atoms with E-state index in [1.807, 2.05) is 0 Å². The zero-order valence-electron chi connectivity index (χ0n) is 11.7. The number of hydrogen-bond donors (Lipinski definition) is 3. The van der Waals surface area contributed by atoms with Gasteiger partial charge in [0.2, 0.25) is 0 Å². The van der Waals surface area contributed by atoms with E-state index in [2.05, 4.69) is 56.4 Å². The fourth-order valence-corrected chi connectivity index (χ4v) is 3.87. The number of nitrogens with one attached hydrogen (secondary N) is 2. The molecule has 100 valence electrons. The Morgan fingerprint density at radius 1 is 1.37 bits per heavy atom. The van der Waals surface area contributed by atoms with Gasteiger partial charge in [-0.3, -0.25) is 10.7 Å². The van der Waals surface area contributed by atoms with Gasteiger partial charge in [-0.15, -0.1) is 0 Å². The molecule has 2 heterocycles. The molecule has 1 aromatic rings. The minimum absolute atomic E-state index is 0.103. The predicted octanol–water partition coefficient (Wildman–Crippen LogP) is 2.23. The van der Waals surface area contributed by atoms with Crippen molar-refractivity contribution in [1.82, 2.24) is 5.32 Å². The average Bonchev–Trinajstić information content (AvgIpc) is 2.85. The van der Waals surface area contributed by atoms with Crippen LogP contribution in [0, 0.1) is 31.1 Å². The predicted molar refractivity (Wildman–Crippen MR) is 78.2 cm³/mol. The Bertz CT molecular complexity index is 575. The van der Waals surface area contributed by atoms with Crippen LogP contribution in [0.5, 0.6) is 0 Å². The maximum absolute atomic E-state index is 7.82. The summed E-state index contributed by atoms with van der Waals surface area (Å²) in [4.78, 5) is 0. The summed E-state index contributed by atoms with van der Waals surface area (Å²) in [5.74, 6) is 0.702. The Kier molecular flexibility index (Phi) is 2.58. The van der Waals surface area contributed by atoms with Crippen LogP contribution in [0.4, 0.5) is 0 Å². The lowest BCUT2D eigenvalue weighted by Gasteiger charge is -2.34. The van der Waals surface area contributed by atoms with Crippen LogP contribution in [0.15, 0.2) is 30.4 Å². The second kappa shape index (κ2) is 3.94. The van der Waals surface area contributed by atoms with Crippen LogP contribution in [-0.4, -0.2) is 11.9 Å². The molecule has 0 aromatic heterocycles. The van der Waals surface area contributed by atoms with Crippen molar-refractivity contribution in [3.8, 4) is 0 Å². The molecular formula is C16H21N3. The number of benzene rings is 1. The molecule has 0 amide bonds. The van der Waals surface area contributed by atoms with Gasteiger partial charge in [-0.2, -0.15) is 0 Å². The van der Waals surface area contributed by atoms with Crippen LogP contribution >= 0.6 is 0 Å². The molecule has 3 unspecified atom stereocenters. The van der Waals surface area contributed by atoms with E-state index in [0.29, 0.717) is 11.8 Å². The topological polar surface area (TPSA) is 61.9 Å². The van der Waals surface area contributed by atoms with Gasteiger partial charge in [0, 0.05) is 12.0 Å². The Morgan fingerprint density at radius 2 is 2.11 bits per heavy atom. The Morgan fingerprint density at radius 3 is 2.68 bits per heavy atom. The van der Waals surface area contributed by atoms with Crippen LogP contribution in [0.1, 0.15) is 23.6 Å². The smallest absolute Gasteiger partial charge is 0.0959 e. The Labute approximate surface area is 114 Å². The molecule has 1 aromatic carbocycles. The third-order valence-corrected chi connectivity index (χ3v) is 4.80. The summed E-state index contributed by atoms with van der Waals surface area (Å²) in [7, 11) is 0. The van der Waals surface area contributed by atoms with Crippen molar-refractivity contribution in [3.05, 3.63) is 47.0 Å². The van der Waals surface area contributed by atoms with E-state index in [9.17, 15) is 0 Å². The highest BCUT2D eigenvalue weighted by Gasteiger charge is 2.54. The molecule has 2 aliphatic rings. The van der Waals surface area contributed by atoms with Crippen LogP contribution in [-0.2, 0) is 5.54 Å². The summed E-state index contributed by atoms with van der Waals surface area (Å²) in [5, 5.41) is 11.5. The van der Waals surface area contributed by atoms with Gasteiger partial charge in [0.05, 0.1) is 11.4 Å². The molecule has 0 radical (unpaired) electrons. The van der Waals surface area contributed by atoms with Crippen LogP contribution < -0.4 is 11.1 Å². The number of aryl methyl sites for hydroxylation is 2. The molecule has 4 N–H and O–H groups in total. The van der Waals surface area contributed by atoms with Gasteiger partial charge in [-0.25, -0.2) is 0 Å². The highest BCUT2D eigenvalue weighted by molar-refractivity contribution is 5.82. The molecule has 0 aliphatic carbocycles. The first kappa shape index (κ1) is 12.4.